The molecule has 2 heterocycles. The standard InChI is InChI=1S/C58H64N6O10S2.C2H6.2H2/c1-3-63-55(67)47-37-43-19-11-13-21-45(43)39-49(47)61-57(63)75-51(41-15-7-5-8-16-41)53(65)59-23-25-69-27-29-71-31-33-73-35-36-74-34-32-72-30-28-70-26-24-60-54(66)52(42-17-9-6-10-18-42)76-58-62-50-40-46-22-14-12-20-44(46)38-48(50)56(68)64(58)4-2;1-2;;/h5-22,37-40,51-52H,3-4,23-36H2,1-2H3,(H,59,65)(H,60,66);1-2H3;2*1H. The van der Waals surface area contributed by atoms with E-state index in [2.05, 4.69) is 10.6 Å². The van der Waals surface area contributed by atoms with E-state index in [9.17, 15) is 19.2 Å². The molecule has 0 aliphatic rings. The van der Waals surface area contributed by atoms with E-state index in [1.807, 2.05) is 161 Å². The van der Waals surface area contributed by atoms with E-state index < -0.39 is 10.5 Å². The number of carbonyl (C=O) groups is 2. The molecule has 0 saturated heterocycles. The summed E-state index contributed by atoms with van der Waals surface area (Å²) in [6.45, 7) is 13.8. The Balaban J connectivity index is 0.00000291. The molecule has 416 valence electrons. The Morgan fingerprint density at radius 3 is 1.08 bits per heavy atom. The number of hydrogen-bond donors (Lipinski definition) is 2. The molecule has 2 amide bonds. The topological polar surface area (TPSA) is 183 Å². The summed E-state index contributed by atoms with van der Waals surface area (Å²) in [6, 6.07) is 42.4. The molecule has 0 saturated carbocycles. The van der Waals surface area contributed by atoms with E-state index in [0.717, 1.165) is 32.7 Å². The number of hydrogen-bond acceptors (Lipinski definition) is 14. The number of thioether (sulfide) groups is 2. The first kappa shape index (κ1) is 59.2. The van der Waals surface area contributed by atoms with Gasteiger partial charge < -0.3 is 39.1 Å². The molecule has 0 aliphatic carbocycles. The SMILES string of the molecule is CC.CCn1c(SC(C(=O)NCCOCCOCCOCCOCCOCCOCCNC(=O)C(Sc2nc3cc4ccccc4cc3c(=O)n2CC)c2ccccc2)c2ccccc2)nc2cc3ccccc3cc2c1=O.[HH].[HH]. The Hall–Kier alpha value is -6.48. The average Bonchev–Trinajstić information content (AvgIpc) is 3.59. The van der Waals surface area contributed by atoms with Gasteiger partial charge in [-0.25, -0.2) is 9.97 Å². The lowest BCUT2D eigenvalue weighted by Crippen LogP contribution is -2.32. The number of aromatic nitrogens is 4. The molecular formula is C60H74N6O10S2. The summed E-state index contributed by atoms with van der Waals surface area (Å²) in [6.07, 6.45) is 0. The van der Waals surface area contributed by atoms with Crippen molar-refractivity contribution in [1.82, 2.24) is 29.7 Å². The number of benzene rings is 6. The smallest absolute Gasteiger partial charge is 0.262 e. The van der Waals surface area contributed by atoms with Gasteiger partial charge in [0.25, 0.3) is 11.1 Å². The van der Waals surface area contributed by atoms with Crippen molar-refractivity contribution in [3.8, 4) is 0 Å². The fourth-order valence-electron chi connectivity index (χ4n) is 8.41. The van der Waals surface area contributed by atoms with Crippen molar-refractivity contribution >= 4 is 78.7 Å². The number of fused-ring (bicyclic) bond motifs is 4. The number of ether oxygens (including phenoxy) is 6. The molecule has 2 atom stereocenters. The van der Waals surface area contributed by atoms with Crippen LogP contribution in [0.5, 0.6) is 0 Å². The molecule has 2 N–H and O–H groups in total. The van der Waals surface area contributed by atoms with E-state index in [0.29, 0.717) is 138 Å². The van der Waals surface area contributed by atoms with Crippen LogP contribution in [0.2, 0.25) is 0 Å². The largest absolute Gasteiger partial charge is 0.377 e. The highest BCUT2D eigenvalue weighted by molar-refractivity contribution is 8.00. The van der Waals surface area contributed by atoms with Gasteiger partial charge in [0, 0.05) is 29.0 Å². The molecule has 8 aromatic rings. The third-order valence-electron chi connectivity index (χ3n) is 12.3. The zero-order valence-corrected chi connectivity index (χ0v) is 46.5. The summed E-state index contributed by atoms with van der Waals surface area (Å²) in [7, 11) is 0. The van der Waals surface area contributed by atoms with Crippen LogP contribution in [0.25, 0.3) is 43.4 Å². The molecule has 0 bridgehead atoms. The van der Waals surface area contributed by atoms with E-state index in [1.54, 1.807) is 9.13 Å². The fourth-order valence-corrected chi connectivity index (χ4v) is 10.8. The zero-order valence-electron chi connectivity index (χ0n) is 44.9. The lowest BCUT2D eigenvalue weighted by atomic mass is 10.1. The third kappa shape index (κ3) is 16.5. The second-order valence-electron chi connectivity index (χ2n) is 17.4. The molecule has 2 aromatic heterocycles. The molecule has 0 radical (unpaired) electrons. The van der Waals surface area contributed by atoms with E-state index in [1.165, 1.54) is 23.5 Å². The first-order valence-corrected chi connectivity index (χ1v) is 28.4. The highest BCUT2D eigenvalue weighted by Crippen LogP contribution is 2.37. The molecular weight excluding hydrogens is 1030 g/mol. The minimum absolute atomic E-state index is 0. The summed E-state index contributed by atoms with van der Waals surface area (Å²) < 4.78 is 37.1. The van der Waals surface area contributed by atoms with Crippen molar-refractivity contribution in [2.24, 2.45) is 0 Å². The van der Waals surface area contributed by atoms with Gasteiger partial charge in [-0.1, -0.05) is 147 Å². The van der Waals surface area contributed by atoms with Gasteiger partial charge in [-0.15, -0.1) is 0 Å². The Bertz CT molecular complexity index is 3090. The molecule has 0 fully saturated rings. The van der Waals surface area contributed by atoms with Crippen LogP contribution in [0.3, 0.4) is 0 Å². The highest BCUT2D eigenvalue weighted by Gasteiger charge is 2.27. The number of nitrogens with zero attached hydrogens (tertiary/aromatic N) is 4. The van der Waals surface area contributed by atoms with Gasteiger partial charge in [0.05, 0.1) is 101 Å². The first-order chi connectivity index (χ1) is 38.3. The van der Waals surface area contributed by atoms with Crippen LogP contribution in [-0.4, -0.2) is 123 Å². The van der Waals surface area contributed by atoms with Crippen molar-refractivity contribution in [2.75, 3.05) is 92.4 Å². The van der Waals surface area contributed by atoms with Gasteiger partial charge in [-0.3, -0.25) is 28.3 Å². The third-order valence-corrected chi connectivity index (χ3v) is 14.8. The van der Waals surface area contributed by atoms with Crippen molar-refractivity contribution in [1.29, 1.82) is 0 Å². The molecule has 0 spiro atoms. The monoisotopic (exact) mass is 1100 g/mol. The molecule has 0 aliphatic heterocycles. The maximum atomic E-state index is 13.6. The Morgan fingerprint density at radius 2 is 0.756 bits per heavy atom. The molecule has 16 nitrogen and oxygen atoms in total. The fraction of sp³-hybridized carbons (Fsp3) is 0.367. The van der Waals surface area contributed by atoms with Crippen molar-refractivity contribution < 1.29 is 40.9 Å². The van der Waals surface area contributed by atoms with Crippen LogP contribution in [0.1, 0.15) is 52.2 Å². The Morgan fingerprint density at radius 1 is 0.462 bits per heavy atom. The average molecular weight is 1100 g/mol. The maximum Gasteiger partial charge on any atom is 0.262 e. The van der Waals surface area contributed by atoms with Crippen molar-refractivity contribution in [3.05, 3.63) is 165 Å². The number of rotatable bonds is 31. The summed E-state index contributed by atoms with van der Waals surface area (Å²) in [4.78, 5) is 64.4. The van der Waals surface area contributed by atoms with Gasteiger partial charge in [-0.05, 0) is 70.8 Å². The molecule has 8 rings (SSSR count). The van der Waals surface area contributed by atoms with Gasteiger partial charge >= 0.3 is 0 Å². The molecule has 18 heteroatoms. The van der Waals surface area contributed by atoms with E-state index in [-0.39, 0.29) is 25.8 Å². The predicted molar refractivity (Wildman–Crippen MR) is 315 cm³/mol. The minimum Gasteiger partial charge on any atom is -0.377 e. The van der Waals surface area contributed by atoms with Gasteiger partial charge in [0.15, 0.2) is 10.3 Å². The maximum absolute atomic E-state index is 13.6. The highest BCUT2D eigenvalue weighted by atomic mass is 32.2. The van der Waals surface area contributed by atoms with Crippen molar-refractivity contribution in [3.63, 3.8) is 0 Å². The second kappa shape index (κ2) is 31.8. The lowest BCUT2D eigenvalue weighted by molar-refractivity contribution is -0.121. The summed E-state index contributed by atoms with van der Waals surface area (Å²) in [5.41, 5.74) is 2.53. The molecule has 6 aromatic carbocycles. The Labute approximate surface area is 466 Å². The predicted octanol–water partition coefficient (Wildman–Crippen LogP) is 9.67. The Kier molecular flexibility index (Phi) is 24.1. The summed E-state index contributed by atoms with van der Waals surface area (Å²) >= 11 is 2.52. The first-order valence-electron chi connectivity index (χ1n) is 26.6. The zero-order chi connectivity index (χ0) is 54.9. The summed E-state index contributed by atoms with van der Waals surface area (Å²) in [5, 5.41) is 10.7. The van der Waals surface area contributed by atoms with Crippen LogP contribution in [0.15, 0.2) is 153 Å². The molecule has 78 heavy (non-hydrogen) atoms. The van der Waals surface area contributed by atoms with Gasteiger partial charge in [0.1, 0.15) is 10.5 Å². The van der Waals surface area contributed by atoms with Crippen LogP contribution >= 0.6 is 23.5 Å². The lowest BCUT2D eigenvalue weighted by Gasteiger charge is -2.19. The number of amides is 2. The minimum atomic E-state index is -0.640. The van der Waals surface area contributed by atoms with Crippen LogP contribution < -0.4 is 21.8 Å². The van der Waals surface area contributed by atoms with Crippen LogP contribution in [-0.2, 0) is 51.1 Å². The van der Waals surface area contributed by atoms with E-state index in [4.69, 9.17) is 38.4 Å². The number of nitrogens with one attached hydrogen (secondary N) is 2. The van der Waals surface area contributed by atoms with Gasteiger partial charge in [-0.2, -0.15) is 0 Å². The normalized spacial score (nSPS) is 12.2. The second-order valence-corrected chi connectivity index (χ2v) is 19.5. The number of carbonyl (C=O) groups excluding carboxylic acids is 2. The van der Waals surface area contributed by atoms with Crippen LogP contribution in [0.4, 0.5) is 0 Å². The van der Waals surface area contributed by atoms with E-state index >= 15 is 0 Å². The van der Waals surface area contributed by atoms with Gasteiger partial charge in [0.2, 0.25) is 11.8 Å². The summed E-state index contributed by atoms with van der Waals surface area (Å²) in [5.74, 6) is -0.409. The molecule has 2 unspecified atom stereocenters. The van der Waals surface area contributed by atoms with Crippen LogP contribution in [0, 0.1) is 0 Å². The van der Waals surface area contributed by atoms with Crippen molar-refractivity contribution in [2.45, 2.75) is 61.6 Å². The quantitative estimate of drug-likeness (QED) is 0.0181.